The van der Waals surface area contributed by atoms with Gasteiger partial charge in [0.25, 0.3) is 0 Å². The Kier molecular flexibility index (Phi) is 7.82. The zero-order valence-electron chi connectivity index (χ0n) is 17.1. The van der Waals surface area contributed by atoms with Crippen molar-refractivity contribution in [2.75, 3.05) is 19.7 Å². The summed E-state index contributed by atoms with van der Waals surface area (Å²) in [6.45, 7) is 5.43. The molecule has 2 aromatic carbocycles. The maximum atomic E-state index is 12.3. The van der Waals surface area contributed by atoms with Crippen molar-refractivity contribution in [3.8, 4) is 5.75 Å². The Hall–Kier alpha value is -2.66. The van der Waals surface area contributed by atoms with Crippen molar-refractivity contribution in [3.63, 3.8) is 0 Å². The zero-order chi connectivity index (χ0) is 20.5. The fraction of sp³-hybridized carbons (Fsp3) is 0.417. The molecule has 29 heavy (non-hydrogen) atoms. The van der Waals surface area contributed by atoms with Gasteiger partial charge in [-0.3, -0.25) is 14.5 Å². The average molecular weight is 395 g/mol. The molecule has 0 atom stereocenters. The van der Waals surface area contributed by atoms with Crippen LogP contribution in [0.25, 0.3) is 0 Å². The zero-order valence-corrected chi connectivity index (χ0v) is 17.1. The second-order valence-electron chi connectivity index (χ2n) is 7.48. The predicted molar refractivity (Wildman–Crippen MR) is 114 cm³/mol. The molecule has 0 aliphatic carbocycles. The summed E-state index contributed by atoms with van der Waals surface area (Å²) in [6.07, 6.45) is 2.36. The first-order valence-electron chi connectivity index (χ1n) is 10.5. The Morgan fingerprint density at radius 2 is 1.69 bits per heavy atom. The van der Waals surface area contributed by atoms with E-state index in [-0.39, 0.29) is 30.6 Å². The number of carbonyl (C=O) groups is 2. The molecule has 0 bridgehead atoms. The average Bonchev–Trinajstić information content (AvgIpc) is 2.75. The number of rotatable bonds is 9. The molecule has 1 fully saturated rings. The van der Waals surface area contributed by atoms with Crippen LogP contribution in [-0.2, 0) is 11.3 Å². The first kappa shape index (κ1) is 21.1. The van der Waals surface area contributed by atoms with Crippen molar-refractivity contribution in [2.24, 2.45) is 0 Å². The number of nitrogens with one attached hydrogen (secondary N) is 1. The molecule has 154 valence electrons. The largest absolute Gasteiger partial charge is 0.494 e. The van der Waals surface area contributed by atoms with Crippen LogP contribution in [-0.4, -0.2) is 42.3 Å². The highest BCUT2D eigenvalue weighted by Crippen LogP contribution is 2.16. The van der Waals surface area contributed by atoms with Gasteiger partial charge < -0.3 is 10.1 Å². The summed E-state index contributed by atoms with van der Waals surface area (Å²) >= 11 is 0. The van der Waals surface area contributed by atoms with E-state index in [1.54, 1.807) is 24.3 Å². The van der Waals surface area contributed by atoms with Gasteiger partial charge >= 0.3 is 0 Å². The number of ether oxygens (including phenoxy) is 1. The van der Waals surface area contributed by atoms with Crippen LogP contribution in [0.4, 0.5) is 0 Å². The third-order valence-electron chi connectivity index (χ3n) is 5.27. The van der Waals surface area contributed by atoms with Gasteiger partial charge in [0.1, 0.15) is 5.75 Å². The van der Waals surface area contributed by atoms with Crippen LogP contribution in [0.2, 0.25) is 0 Å². The van der Waals surface area contributed by atoms with E-state index in [4.69, 9.17) is 4.74 Å². The van der Waals surface area contributed by atoms with Crippen molar-refractivity contribution >= 4 is 11.7 Å². The fourth-order valence-electron chi connectivity index (χ4n) is 3.65. The number of amides is 1. The van der Waals surface area contributed by atoms with Gasteiger partial charge in [-0.1, -0.05) is 30.3 Å². The molecular weight excluding hydrogens is 364 g/mol. The van der Waals surface area contributed by atoms with Gasteiger partial charge in [0.15, 0.2) is 5.78 Å². The van der Waals surface area contributed by atoms with Crippen molar-refractivity contribution in [2.45, 2.75) is 45.2 Å². The molecule has 5 nitrogen and oxygen atoms in total. The maximum Gasteiger partial charge on any atom is 0.220 e. The summed E-state index contributed by atoms with van der Waals surface area (Å²) in [5, 5.41) is 3.10. The van der Waals surface area contributed by atoms with Gasteiger partial charge in [-0.25, -0.2) is 0 Å². The van der Waals surface area contributed by atoms with E-state index in [1.807, 2.05) is 13.0 Å². The number of hydrogen-bond donors (Lipinski definition) is 1. The number of carbonyl (C=O) groups excluding carboxylic acids is 2. The monoisotopic (exact) mass is 394 g/mol. The number of benzene rings is 2. The third kappa shape index (κ3) is 6.71. The highest BCUT2D eigenvalue weighted by molar-refractivity contribution is 5.98. The molecule has 1 amide bonds. The summed E-state index contributed by atoms with van der Waals surface area (Å²) < 4.78 is 5.39. The summed E-state index contributed by atoms with van der Waals surface area (Å²) in [7, 11) is 0. The SMILES string of the molecule is CCOc1ccc(C(=O)CCC(=O)NC2CCN(Cc3ccccc3)CC2)cc1. The van der Waals surface area contributed by atoms with E-state index in [9.17, 15) is 9.59 Å². The van der Waals surface area contributed by atoms with Crippen LogP contribution in [0.3, 0.4) is 0 Å². The van der Waals surface area contributed by atoms with E-state index in [2.05, 4.69) is 34.5 Å². The lowest BCUT2D eigenvalue weighted by molar-refractivity contribution is -0.122. The second kappa shape index (κ2) is 10.8. The third-order valence-corrected chi connectivity index (χ3v) is 5.27. The van der Waals surface area contributed by atoms with E-state index < -0.39 is 0 Å². The van der Waals surface area contributed by atoms with Crippen LogP contribution in [0.15, 0.2) is 54.6 Å². The molecule has 0 aromatic heterocycles. The lowest BCUT2D eigenvalue weighted by Gasteiger charge is -2.32. The van der Waals surface area contributed by atoms with Crippen LogP contribution in [0.5, 0.6) is 5.75 Å². The number of hydrogen-bond acceptors (Lipinski definition) is 4. The molecule has 1 aliphatic heterocycles. The van der Waals surface area contributed by atoms with Gasteiger partial charge in [-0.05, 0) is 49.6 Å². The minimum atomic E-state index is -0.0363. The number of likely N-dealkylation sites (tertiary alicyclic amines) is 1. The molecule has 0 spiro atoms. The quantitative estimate of drug-likeness (QED) is 0.657. The fourth-order valence-corrected chi connectivity index (χ4v) is 3.65. The molecule has 0 radical (unpaired) electrons. The summed E-state index contributed by atoms with van der Waals surface area (Å²) in [4.78, 5) is 27.0. The molecule has 1 saturated heterocycles. The lowest BCUT2D eigenvalue weighted by atomic mass is 10.0. The summed E-state index contributed by atoms with van der Waals surface area (Å²) in [5.74, 6) is 0.701. The van der Waals surface area contributed by atoms with E-state index >= 15 is 0 Å². The van der Waals surface area contributed by atoms with E-state index in [1.165, 1.54) is 5.56 Å². The lowest BCUT2D eigenvalue weighted by Crippen LogP contribution is -2.44. The van der Waals surface area contributed by atoms with Crippen molar-refractivity contribution < 1.29 is 14.3 Å². The van der Waals surface area contributed by atoms with Crippen molar-refractivity contribution in [1.82, 2.24) is 10.2 Å². The topological polar surface area (TPSA) is 58.6 Å². The Morgan fingerprint density at radius 1 is 1.00 bits per heavy atom. The number of piperidine rings is 1. The first-order chi connectivity index (χ1) is 14.1. The Labute approximate surface area is 173 Å². The maximum absolute atomic E-state index is 12.3. The Bertz CT molecular complexity index is 782. The summed E-state index contributed by atoms with van der Waals surface area (Å²) in [6, 6.07) is 17.8. The van der Waals surface area contributed by atoms with E-state index in [0.29, 0.717) is 12.2 Å². The van der Waals surface area contributed by atoms with Gasteiger partial charge in [0.2, 0.25) is 5.91 Å². The molecule has 3 rings (SSSR count). The van der Waals surface area contributed by atoms with Crippen LogP contribution in [0.1, 0.15) is 48.5 Å². The summed E-state index contributed by atoms with van der Waals surface area (Å²) in [5.41, 5.74) is 1.94. The molecular formula is C24H30N2O3. The first-order valence-corrected chi connectivity index (χ1v) is 10.5. The minimum absolute atomic E-state index is 0.0131. The Balaban J connectivity index is 1.36. The highest BCUT2D eigenvalue weighted by Gasteiger charge is 2.21. The molecule has 1 N–H and O–H groups in total. The van der Waals surface area contributed by atoms with Crippen LogP contribution in [0, 0.1) is 0 Å². The van der Waals surface area contributed by atoms with Gasteiger partial charge in [0.05, 0.1) is 6.61 Å². The van der Waals surface area contributed by atoms with Gasteiger partial charge in [-0.2, -0.15) is 0 Å². The number of ketones is 1. The molecule has 0 unspecified atom stereocenters. The molecule has 0 saturated carbocycles. The molecule has 1 heterocycles. The number of Topliss-reactive ketones (excluding diaryl/α,β-unsaturated/α-hetero) is 1. The molecule has 2 aromatic rings. The van der Waals surface area contributed by atoms with Crippen molar-refractivity contribution in [1.29, 1.82) is 0 Å². The smallest absolute Gasteiger partial charge is 0.220 e. The minimum Gasteiger partial charge on any atom is -0.494 e. The normalized spacial score (nSPS) is 15.1. The number of nitrogens with zero attached hydrogens (tertiary/aromatic N) is 1. The second-order valence-corrected chi connectivity index (χ2v) is 7.48. The van der Waals surface area contributed by atoms with Crippen molar-refractivity contribution in [3.05, 3.63) is 65.7 Å². The van der Waals surface area contributed by atoms with Crippen LogP contribution < -0.4 is 10.1 Å². The van der Waals surface area contributed by atoms with Gasteiger partial charge in [0, 0.05) is 44.1 Å². The highest BCUT2D eigenvalue weighted by atomic mass is 16.5. The van der Waals surface area contributed by atoms with Gasteiger partial charge in [-0.15, -0.1) is 0 Å². The Morgan fingerprint density at radius 3 is 2.34 bits per heavy atom. The molecule has 5 heteroatoms. The predicted octanol–water partition coefficient (Wildman–Crippen LogP) is 3.83. The van der Waals surface area contributed by atoms with Crippen LogP contribution >= 0.6 is 0 Å². The standard InChI is InChI=1S/C24H30N2O3/c1-2-29-22-10-8-20(9-11-22)23(27)12-13-24(28)25-21-14-16-26(17-15-21)18-19-6-4-3-5-7-19/h3-11,21H,2,12-18H2,1H3,(H,25,28). The van der Waals surface area contributed by atoms with E-state index in [0.717, 1.165) is 38.2 Å². The molecule has 1 aliphatic rings.